The monoisotopic (exact) mass is 298 g/mol. The van der Waals surface area contributed by atoms with Crippen LogP contribution < -0.4 is 0 Å². The molecular weight excluding hydrogens is 264 g/mol. The lowest BCUT2D eigenvalue weighted by Gasteiger charge is -2.43. The van der Waals surface area contributed by atoms with Crippen molar-refractivity contribution < 1.29 is 10.2 Å². The van der Waals surface area contributed by atoms with Crippen molar-refractivity contribution in [3.8, 4) is 0 Å². The Kier molecular flexibility index (Phi) is 5.35. The van der Waals surface area contributed by atoms with Crippen LogP contribution in [0.3, 0.4) is 0 Å². The van der Waals surface area contributed by atoms with Crippen molar-refractivity contribution in [2.45, 2.75) is 58.7 Å². The van der Waals surface area contributed by atoms with Gasteiger partial charge in [0.05, 0.1) is 11.7 Å². The molecule has 0 amide bonds. The average molecular weight is 298 g/mol. The first-order valence-corrected chi connectivity index (χ1v) is 8.50. The lowest BCUT2D eigenvalue weighted by Crippen LogP contribution is -2.52. The summed E-state index contributed by atoms with van der Waals surface area (Å²) >= 11 is 0. The molecule has 0 aromatic heterocycles. The number of hydrogen-bond donors (Lipinski definition) is 2. The van der Waals surface area contributed by atoms with Gasteiger partial charge in [0, 0.05) is 39.3 Å². The van der Waals surface area contributed by atoms with E-state index in [1.165, 1.54) is 0 Å². The zero-order valence-corrected chi connectivity index (χ0v) is 14.3. The first-order valence-electron chi connectivity index (χ1n) is 8.50. The molecule has 1 saturated heterocycles. The highest BCUT2D eigenvalue weighted by Crippen LogP contribution is 2.39. The molecule has 1 saturated carbocycles. The number of nitrogens with zero attached hydrogens (tertiary/aromatic N) is 2. The minimum Gasteiger partial charge on any atom is -0.393 e. The summed E-state index contributed by atoms with van der Waals surface area (Å²) in [5, 5.41) is 20.2. The molecule has 2 rings (SSSR count). The van der Waals surface area contributed by atoms with Gasteiger partial charge in [-0.25, -0.2) is 0 Å². The second-order valence-electron chi connectivity index (χ2n) is 8.62. The molecule has 0 aromatic rings. The zero-order valence-electron chi connectivity index (χ0n) is 14.3. The van der Waals surface area contributed by atoms with Crippen LogP contribution in [0.1, 0.15) is 47.0 Å². The maximum Gasteiger partial charge on any atom is 0.0718 e. The molecule has 2 atom stereocenters. The van der Waals surface area contributed by atoms with E-state index < -0.39 is 5.60 Å². The van der Waals surface area contributed by atoms with Crippen LogP contribution in [0.2, 0.25) is 0 Å². The Balaban J connectivity index is 1.78. The Morgan fingerprint density at radius 3 is 2.24 bits per heavy atom. The number of aliphatic hydroxyl groups excluding tert-OH is 1. The zero-order chi connectivity index (χ0) is 15.7. The van der Waals surface area contributed by atoms with Gasteiger partial charge >= 0.3 is 0 Å². The minimum atomic E-state index is -0.605. The highest BCUT2D eigenvalue weighted by molar-refractivity contribution is 4.87. The Morgan fingerprint density at radius 1 is 1.10 bits per heavy atom. The predicted molar refractivity (Wildman–Crippen MR) is 86.3 cm³/mol. The van der Waals surface area contributed by atoms with E-state index in [4.69, 9.17) is 0 Å². The summed E-state index contributed by atoms with van der Waals surface area (Å²) in [4.78, 5) is 4.84. The summed E-state index contributed by atoms with van der Waals surface area (Å²) in [6.07, 6.45) is 3.12. The van der Waals surface area contributed by atoms with Gasteiger partial charge in [-0.3, -0.25) is 4.90 Å². The molecule has 1 heterocycles. The second kappa shape index (κ2) is 6.53. The third-order valence-electron chi connectivity index (χ3n) is 5.04. The molecule has 4 nitrogen and oxygen atoms in total. The molecular formula is C17H34N2O2. The Morgan fingerprint density at radius 2 is 1.67 bits per heavy atom. The molecule has 1 aliphatic carbocycles. The van der Waals surface area contributed by atoms with Gasteiger partial charge in [0.25, 0.3) is 0 Å². The van der Waals surface area contributed by atoms with Crippen LogP contribution in [-0.2, 0) is 0 Å². The molecule has 4 heteroatoms. The molecule has 2 fully saturated rings. The Bertz CT molecular complexity index is 330. The smallest absolute Gasteiger partial charge is 0.0718 e. The standard InChI is InChI=1S/C17H34N2O2/c1-16(2)6-5-15(20)14(11-16)12-18-7-9-19(10-8-18)13-17(3,4)21/h14-15,20-21H,5-13H2,1-4H3. The van der Waals surface area contributed by atoms with E-state index in [-0.39, 0.29) is 6.10 Å². The van der Waals surface area contributed by atoms with Gasteiger partial charge in [0.1, 0.15) is 0 Å². The summed E-state index contributed by atoms with van der Waals surface area (Å²) in [6, 6.07) is 0. The van der Waals surface area contributed by atoms with E-state index in [9.17, 15) is 10.2 Å². The molecule has 2 unspecified atom stereocenters. The highest BCUT2D eigenvalue weighted by Gasteiger charge is 2.35. The van der Waals surface area contributed by atoms with Gasteiger partial charge in [-0.15, -0.1) is 0 Å². The largest absolute Gasteiger partial charge is 0.393 e. The molecule has 0 aromatic carbocycles. The van der Waals surface area contributed by atoms with Crippen LogP contribution in [0.4, 0.5) is 0 Å². The molecule has 0 spiro atoms. The van der Waals surface area contributed by atoms with Crippen molar-refractivity contribution in [3.63, 3.8) is 0 Å². The lowest BCUT2D eigenvalue weighted by molar-refractivity contribution is -0.0136. The van der Waals surface area contributed by atoms with Crippen molar-refractivity contribution >= 4 is 0 Å². The van der Waals surface area contributed by atoms with Gasteiger partial charge in [-0.2, -0.15) is 0 Å². The second-order valence-corrected chi connectivity index (χ2v) is 8.62. The van der Waals surface area contributed by atoms with Gasteiger partial charge < -0.3 is 15.1 Å². The quantitative estimate of drug-likeness (QED) is 0.827. The molecule has 1 aliphatic heterocycles. The van der Waals surface area contributed by atoms with E-state index in [1.54, 1.807) is 0 Å². The van der Waals surface area contributed by atoms with Crippen molar-refractivity contribution in [1.29, 1.82) is 0 Å². The van der Waals surface area contributed by atoms with E-state index in [2.05, 4.69) is 23.6 Å². The molecule has 2 N–H and O–H groups in total. The third kappa shape index (κ3) is 5.51. The van der Waals surface area contributed by atoms with Crippen LogP contribution in [0.15, 0.2) is 0 Å². The van der Waals surface area contributed by atoms with E-state index in [0.717, 1.165) is 58.5 Å². The van der Waals surface area contributed by atoms with Crippen molar-refractivity contribution in [1.82, 2.24) is 9.80 Å². The highest BCUT2D eigenvalue weighted by atomic mass is 16.3. The normalized spacial score (nSPS) is 32.3. The minimum absolute atomic E-state index is 0.118. The molecule has 0 radical (unpaired) electrons. The van der Waals surface area contributed by atoms with Crippen molar-refractivity contribution in [2.75, 3.05) is 39.3 Å². The van der Waals surface area contributed by atoms with Gasteiger partial charge in [-0.05, 0) is 44.4 Å². The number of rotatable bonds is 4. The topological polar surface area (TPSA) is 46.9 Å². The van der Waals surface area contributed by atoms with Gasteiger partial charge in [0.15, 0.2) is 0 Å². The number of hydrogen-bond acceptors (Lipinski definition) is 4. The van der Waals surface area contributed by atoms with E-state index in [0.29, 0.717) is 11.3 Å². The molecule has 2 aliphatic rings. The third-order valence-corrected chi connectivity index (χ3v) is 5.04. The molecule has 124 valence electrons. The maximum atomic E-state index is 10.3. The van der Waals surface area contributed by atoms with Crippen molar-refractivity contribution in [3.05, 3.63) is 0 Å². The summed E-state index contributed by atoms with van der Waals surface area (Å²) in [7, 11) is 0. The fourth-order valence-electron chi connectivity index (χ4n) is 3.92. The van der Waals surface area contributed by atoms with Crippen LogP contribution in [-0.4, -0.2) is 71.0 Å². The molecule has 0 bridgehead atoms. The summed E-state index contributed by atoms with van der Waals surface area (Å²) < 4.78 is 0. The SMILES string of the molecule is CC(C)(O)CN1CCN(CC2CC(C)(C)CCC2O)CC1. The van der Waals surface area contributed by atoms with Crippen molar-refractivity contribution in [2.24, 2.45) is 11.3 Å². The lowest BCUT2D eigenvalue weighted by atomic mass is 9.70. The first kappa shape index (κ1) is 17.2. The van der Waals surface area contributed by atoms with E-state index in [1.807, 2.05) is 13.8 Å². The fourth-order valence-corrected chi connectivity index (χ4v) is 3.92. The van der Waals surface area contributed by atoms with Crippen LogP contribution in [0, 0.1) is 11.3 Å². The summed E-state index contributed by atoms with van der Waals surface area (Å²) in [5.41, 5.74) is -0.224. The average Bonchev–Trinajstić information content (AvgIpc) is 2.34. The van der Waals surface area contributed by atoms with Gasteiger partial charge in [0.2, 0.25) is 0 Å². The Hall–Kier alpha value is -0.160. The fraction of sp³-hybridized carbons (Fsp3) is 1.00. The number of piperazine rings is 1. The van der Waals surface area contributed by atoms with Crippen LogP contribution in [0.5, 0.6) is 0 Å². The molecule has 21 heavy (non-hydrogen) atoms. The number of β-amino-alcohol motifs (C(OH)–C–C–N with tert-alkyl or cyclic N) is 1. The predicted octanol–water partition coefficient (Wildman–Crippen LogP) is 1.56. The van der Waals surface area contributed by atoms with E-state index >= 15 is 0 Å². The number of aliphatic hydroxyl groups is 2. The van der Waals surface area contributed by atoms with Crippen LogP contribution in [0.25, 0.3) is 0 Å². The van der Waals surface area contributed by atoms with Crippen LogP contribution >= 0.6 is 0 Å². The maximum absolute atomic E-state index is 10.3. The Labute approximate surface area is 130 Å². The first-order chi connectivity index (χ1) is 9.65. The summed E-state index contributed by atoms with van der Waals surface area (Å²) in [6.45, 7) is 14.3. The van der Waals surface area contributed by atoms with Gasteiger partial charge in [-0.1, -0.05) is 13.8 Å². The summed E-state index contributed by atoms with van der Waals surface area (Å²) in [5.74, 6) is 0.426.